The first-order valence-corrected chi connectivity index (χ1v) is 8.33. The highest BCUT2D eigenvalue weighted by atomic mass is 32.2. The van der Waals surface area contributed by atoms with E-state index in [0.29, 0.717) is 17.2 Å². The van der Waals surface area contributed by atoms with Gasteiger partial charge in [0.05, 0.1) is 17.2 Å². The van der Waals surface area contributed by atoms with Crippen LogP contribution in [0.25, 0.3) is 0 Å². The molecule has 0 aromatic heterocycles. The average molecular weight is 303 g/mol. The fraction of sp³-hybridized carbons (Fsp3) is 0.250. The van der Waals surface area contributed by atoms with E-state index in [1.54, 1.807) is 37.4 Å². The van der Waals surface area contributed by atoms with Gasteiger partial charge in [0.25, 0.3) is 10.0 Å². The van der Waals surface area contributed by atoms with E-state index in [1.807, 2.05) is 18.2 Å². The summed E-state index contributed by atoms with van der Waals surface area (Å²) in [7, 11) is -1.98. The molecule has 0 spiro atoms. The van der Waals surface area contributed by atoms with Crippen molar-refractivity contribution >= 4 is 15.7 Å². The molecule has 1 heterocycles. The Morgan fingerprint density at radius 3 is 2.62 bits per heavy atom. The lowest BCUT2D eigenvalue weighted by Crippen LogP contribution is -2.26. The van der Waals surface area contributed by atoms with Crippen molar-refractivity contribution in [1.82, 2.24) is 0 Å². The fourth-order valence-electron chi connectivity index (χ4n) is 2.43. The Morgan fingerprint density at radius 2 is 1.86 bits per heavy atom. The third-order valence-electron chi connectivity index (χ3n) is 3.66. The maximum Gasteiger partial charge on any atom is 0.264 e. The number of rotatable bonds is 3. The van der Waals surface area contributed by atoms with E-state index in [2.05, 4.69) is 0 Å². The molecular weight excluding hydrogens is 286 g/mol. The Balaban J connectivity index is 1.98. The maximum absolute atomic E-state index is 12.7. The van der Waals surface area contributed by atoms with Gasteiger partial charge in [0.1, 0.15) is 5.75 Å². The number of ether oxygens (including phenoxy) is 1. The van der Waals surface area contributed by atoms with E-state index in [0.717, 1.165) is 24.2 Å². The van der Waals surface area contributed by atoms with Crippen molar-refractivity contribution in [1.29, 1.82) is 0 Å². The highest BCUT2D eigenvalue weighted by Gasteiger charge is 2.23. The van der Waals surface area contributed by atoms with Crippen LogP contribution in [0.4, 0.5) is 5.69 Å². The Labute approximate surface area is 125 Å². The zero-order chi connectivity index (χ0) is 14.9. The van der Waals surface area contributed by atoms with Crippen molar-refractivity contribution in [3.8, 4) is 5.75 Å². The number of fused-ring (bicyclic) bond motifs is 1. The van der Waals surface area contributed by atoms with Gasteiger partial charge in [-0.1, -0.05) is 18.2 Å². The van der Waals surface area contributed by atoms with Gasteiger partial charge in [-0.25, -0.2) is 8.42 Å². The zero-order valence-electron chi connectivity index (χ0n) is 11.8. The molecule has 4 nitrogen and oxygen atoms in total. The third-order valence-corrected chi connectivity index (χ3v) is 5.44. The molecule has 1 aliphatic rings. The van der Waals surface area contributed by atoms with Gasteiger partial charge in [-0.15, -0.1) is 0 Å². The van der Waals surface area contributed by atoms with E-state index in [1.165, 1.54) is 4.31 Å². The van der Waals surface area contributed by atoms with Crippen LogP contribution in [0.3, 0.4) is 0 Å². The van der Waals surface area contributed by atoms with Crippen molar-refractivity contribution in [2.45, 2.75) is 17.7 Å². The number of sulfonamides is 1. The Morgan fingerprint density at radius 1 is 1.10 bits per heavy atom. The topological polar surface area (TPSA) is 46.6 Å². The van der Waals surface area contributed by atoms with Crippen molar-refractivity contribution in [3.05, 3.63) is 54.1 Å². The average Bonchev–Trinajstić information content (AvgIpc) is 2.54. The van der Waals surface area contributed by atoms with Crippen molar-refractivity contribution in [2.24, 2.45) is 0 Å². The minimum Gasteiger partial charge on any atom is -0.493 e. The van der Waals surface area contributed by atoms with Crippen LogP contribution in [-0.2, 0) is 16.4 Å². The molecule has 21 heavy (non-hydrogen) atoms. The molecule has 0 saturated carbocycles. The lowest BCUT2D eigenvalue weighted by Gasteiger charge is -2.22. The summed E-state index contributed by atoms with van der Waals surface area (Å²) in [5.74, 6) is 0.794. The van der Waals surface area contributed by atoms with Gasteiger partial charge in [0.15, 0.2) is 0 Å². The minimum absolute atomic E-state index is 0.304. The van der Waals surface area contributed by atoms with Gasteiger partial charge in [0.2, 0.25) is 0 Å². The van der Waals surface area contributed by atoms with Crippen LogP contribution in [0.1, 0.15) is 12.0 Å². The maximum atomic E-state index is 12.7. The van der Waals surface area contributed by atoms with E-state index in [-0.39, 0.29) is 0 Å². The van der Waals surface area contributed by atoms with Gasteiger partial charge in [0, 0.05) is 7.05 Å². The van der Waals surface area contributed by atoms with Crippen LogP contribution in [0.5, 0.6) is 5.75 Å². The number of nitrogens with zero attached hydrogens (tertiary/aromatic N) is 1. The molecule has 0 saturated heterocycles. The normalized spacial score (nSPS) is 14.1. The summed E-state index contributed by atoms with van der Waals surface area (Å²) in [5.41, 5.74) is 1.61. The van der Waals surface area contributed by atoms with Crippen LogP contribution >= 0.6 is 0 Å². The van der Waals surface area contributed by atoms with Crippen molar-refractivity contribution in [2.75, 3.05) is 18.0 Å². The first-order valence-electron chi connectivity index (χ1n) is 6.89. The molecular formula is C16H17NO3S. The van der Waals surface area contributed by atoms with Crippen LogP contribution < -0.4 is 9.04 Å². The molecule has 0 radical (unpaired) electrons. The van der Waals surface area contributed by atoms with Crippen molar-refractivity contribution < 1.29 is 13.2 Å². The SMILES string of the molecule is CN(c1ccccc1)S(=O)(=O)c1ccc2c(c1)CCCO2. The molecule has 0 bridgehead atoms. The smallest absolute Gasteiger partial charge is 0.264 e. The van der Waals surface area contributed by atoms with Gasteiger partial charge >= 0.3 is 0 Å². The zero-order valence-corrected chi connectivity index (χ0v) is 12.6. The first-order chi connectivity index (χ1) is 10.1. The van der Waals surface area contributed by atoms with Gasteiger partial charge in [-0.05, 0) is 48.7 Å². The largest absolute Gasteiger partial charge is 0.493 e. The second kappa shape index (κ2) is 5.41. The lowest BCUT2D eigenvalue weighted by molar-refractivity contribution is 0.288. The molecule has 2 aromatic carbocycles. The van der Waals surface area contributed by atoms with Gasteiger partial charge in [-0.2, -0.15) is 0 Å². The van der Waals surface area contributed by atoms with E-state index in [4.69, 9.17) is 4.74 Å². The second-order valence-electron chi connectivity index (χ2n) is 5.03. The molecule has 0 fully saturated rings. The van der Waals surface area contributed by atoms with Crippen LogP contribution in [-0.4, -0.2) is 22.1 Å². The fourth-order valence-corrected chi connectivity index (χ4v) is 3.68. The quantitative estimate of drug-likeness (QED) is 0.876. The third kappa shape index (κ3) is 2.61. The summed E-state index contributed by atoms with van der Waals surface area (Å²) in [5, 5.41) is 0. The van der Waals surface area contributed by atoms with E-state index < -0.39 is 10.0 Å². The molecule has 0 atom stereocenters. The van der Waals surface area contributed by atoms with E-state index in [9.17, 15) is 8.42 Å². The number of anilines is 1. The number of aryl methyl sites for hydroxylation is 1. The first kappa shape index (κ1) is 13.9. The molecule has 3 rings (SSSR count). The summed E-state index contributed by atoms with van der Waals surface area (Å²) >= 11 is 0. The van der Waals surface area contributed by atoms with Gasteiger partial charge in [-0.3, -0.25) is 4.31 Å². The molecule has 110 valence electrons. The van der Waals surface area contributed by atoms with Crippen LogP contribution in [0, 0.1) is 0 Å². The monoisotopic (exact) mass is 303 g/mol. The summed E-state index contributed by atoms with van der Waals surface area (Å²) in [6.07, 6.45) is 1.78. The van der Waals surface area contributed by atoms with Crippen molar-refractivity contribution in [3.63, 3.8) is 0 Å². The molecule has 0 unspecified atom stereocenters. The predicted octanol–water partition coefficient (Wildman–Crippen LogP) is 2.84. The number of benzene rings is 2. The summed E-state index contributed by atoms with van der Waals surface area (Å²) in [6.45, 7) is 0.697. The highest BCUT2D eigenvalue weighted by molar-refractivity contribution is 7.92. The Hall–Kier alpha value is -2.01. The molecule has 0 amide bonds. The van der Waals surface area contributed by atoms with Crippen LogP contribution in [0.15, 0.2) is 53.4 Å². The molecule has 0 aliphatic carbocycles. The lowest BCUT2D eigenvalue weighted by atomic mass is 10.1. The summed E-state index contributed by atoms with van der Waals surface area (Å²) in [4.78, 5) is 0.304. The molecule has 1 aliphatic heterocycles. The standard InChI is InChI=1S/C16H17NO3S/c1-17(14-7-3-2-4-8-14)21(18,19)15-9-10-16-13(12-15)6-5-11-20-16/h2-4,7-10,12H,5-6,11H2,1H3. The summed E-state index contributed by atoms with van der Waals surface area (Å²) < 4.78 is 32.2. The molecule has 0 N–H and O–H groups in total. The number of para-hydroxylation sites is 1. The summed E-state index contributed by atoms with van der Waals surface area (Å²) in [6, 6.07) is 14.1. The predicted molar refractivity (Wildman–Crippen MR) is 82.3 cm³/mol. The number of hydrogen-bond donors (Lipinski definition) is 0. The second-order valence-corrected chi connectivity index (χ2v) is 7.00. The number of hydrogen-bond acceptors (Lipinski definition) is 3. The molecule has 2 aromatic rings. The molecule has 5 heteroatoms. The van der Waals surface area contributed by atoms with Gasteiger partial charge < -0.3 is 4.74 Å². The Bertz CT molecular complexity index is 741. The van der Waals surface area contributed by atoms with E-state index >= 15 is 0 Å². The highest BCUT2D eigenvalue weighted by Crippen LogP contribution is 2.29. The Kier molecular flexibility index (Phi) is 3.59. The minimum atomic E-state index is -3.55. The van der Waals surface area contributed by atoms with Crippen LogP contribution in [0.2, 0.25) is 0 Å².